The molecule has 2 aromatic rings. The van der Waals surface area contributed by atoms with E-state index in [1.54, 1.807) is 24.3 Å². The second-order valence-corrected chi connectivity index (χ2v) is 17.7. The van der Waals surface area contributed by atoms with Crippen LogP contribution in [-0.4, -0.2) is 160 Å². The van der Waals surface area contributed by atoms with E-state index in [-0.39, 0.29) is 81.4 Å². The zero-order valence-corrected chi connectivity index (χ0v) is 40.6. The van der Waals surface area contributed by atoms with E-state index in [2.05, 4.69) is 56.8 Å². The van der Waals surface area contributed by atoms with Crippen molar-refractivity contribution in [3.05, 3.63) is 65.7 Å². The molecule has 2 aromatic carbocycles. The van der Waals surface area contributed by atoms with E-state index in [9.17, 15) is 48.3 Å². The first kappa shape index (κ1) is 56.0. The van der Waals surface area contributed by atoms with Crippen LogP contribution in [0.25, 0.3) is 0 Å². The van der Waals surface area contributed by atoms with Crippen molar-refractivity contribution in [2.24, 2.45) is 27.9 Å². The predicted molar refractivity (Wildman–Crippen MR) is 262 cm³/mol. The summed E-state index contributed by atoms with van der Waals surface area (Å²) in [6.45, 7) is 0.842. The summed E-state index contributed by atoms with van der Waals surface area (Å²) in [7, 11) is 0. The number of likely N-dealkylation sites (tertiary alicyclic amines) is 1. The number of carbonyl (C=O) groups excluding carboxylic acids is 9. The topological polar surface area (TPSA) is 366 Å². The van der Waals surface area contributed by atoms with Gasteiger partial charge in [0.25, 0.3) is 5.91 Å². The van der Waals surface area contributed by atoms with Crippen LogP contribution in [0.5, 0.6) is 5.75 Å². The van der Waals surface area contributed by atoms with Gasteiger partial charge in [-0.2, -0.15) is 25.3 Å². The van der Waals surface area contributed by atoms with Gasteiger partial charge in [-0.3, -0.25) is 48.1 Å². The van der Waals surface area contributed by atoms with Crippen molar-refractivity contribution in [2.45, 2.75) is 107 Å². The Kier molecular flexibility index (Phi) is 22.0. The fraction of sp³-hybridized carbons (Fsp3) is 0.511. The molecular weight excluding hydrogens is 949 g/mol. The fourth-order valence-corrected chi connectivity index (χ4v) is 8.54. The van der Waals surface area contributed by atoms with Crippen molar-refractivity contribution in [2.75, 3.05) is 37.7 Å². The van der Waals surface area contributed by atoms with E-state index in [1.165, 1.54) is 24.0 Å². The molecule has 23 nitrogen and oxygen atoms in total. The highest BCUT2D eigenvalue weighted by atomic mass is 32.1. The van der Waals surface area contributed by atoms with Gasteiger partial charge < -0.3 is 69.2 Å². The fourth-order valence-electron chi connectivity index (χ4n) is 8.08. The summed E-state index contributed by atoms with van der Waals surface area (Å²) < 4.78 is 6.22. The van der Waals surface area contributed by atoms with Crippen molar-refractivity contribution in [3.63, 3.8) is 0 Å². The third-order valence-corrected chi connectivity index (χ3v) is 12.1. The van der Waals surface area contributed by atoms with Crippen LogP contribution in [0, 0.1) is 0 Å². The summed E-state index contributed by atoms with van der Waals surface area (Å²) in [5, 5.41) is 23.2. The first-order chi connectivity index (χ1) is 33.3. The smallest absolute Gasteiger partial charge is 0.252 e. The maximum atomic E-state index is 14.3. The van der Waals surface area contributed by atoms with Crippen molar-refractivity contribution >= 4 is 84.4 Å². The number of nitrogens with two attached hydrogens (primary N) is 4. The van der Waals surface area contributed by atoms with Crippen LogP contribution >= 0.6 is 25.3 Å². The van der Waals surface area contributed by atoms with Gasteiger partial charge in [0.1, 0.15) is 42.1 Å². The highest BCUT2D eigenvalue weighted by Gasteiger charge is 2.45. The number of primary amides is 2. The van der Waals surface area contributed by atoms with Crippen molar-refractivity contribution in [3.8, 4) is 5.75 Å². The molecule has 2 heterocycles. The third kappa shape index (κ3) is 17.1. The standard InChI is InChI=1S/C45H64N12O11S2/c1-25-43(66)57(23-35(68-25)30(19-26-7-3-2-4-8-26)54-40(63)31(52-38(61)15-18-69)20-27-11-13-28(58)14-12-27)34(21-36(46)59)42(65)55-32(24-70)44(67)56-17-6-10-33(56)41(64)53-29(9-5-16-50-45(48)49)39(62)51-22-37(47)60/h2-4,7-8,11-14,25,29-35,58,69-70H,5-6,9-10,15-24H2,1H3,(H2,46,59)(H2,47,60)(H,51,62)(H,52,61)(H,53,64)(H,54,63)(H,55,65)(H4,48,49,50)/t25-,29+,30-,31-,32-,33-,34-,35+/m0/s1. The molecule has 2 aliphatic heterocycles. The lowest BCUT2D eigenvalue weighted by Crippen LogP contribution is -2.65. The number of thiol groups is 2. The van der Waals surface area contributed by atoms with E-state index in [0.717, 1.165) is 10.5 Å². The highest BCUT2D eigenvalue weighted by molar-refractivity contribution is 7.80. The lowest BCUT2D eigenvalue weighted by Gasteiger charge is -2.43. The molecule has 0 radical (unpaired) electrons. The minimum absolute atomic E-state index is 0.0120. The number of phenolic OH excluding ortho intramolecular Hbond substituents is 1. The molecule has 14 N–H and O–H groups in total. The Labute approximate surface area is 416 Å². The number of benzene rings is 2. The van der Waals surface area contributed by atoms with Gasteiger partial charge in [-0.05, 0) is 68.0 Å². The predicted octanol–water partition coefficient (Wildman–Crippen LogP) is -3.13. The Morgan fingerprint density at radius 1 is 0.829 bits per heavy atom. The van der Waals surface area contributed by atoms with Gasteiger partial charge in [-0.1, -0.05) is 42.5 Å². The number of carbonyl (C=O) groups is 9. The van der Waals surface area contributed by atoms with E-state index in [1.807, 2.05) is 18.2 Å². The van der Waals surface area contributed by atoms with Crippen LogP contribution in [-0.2, 0) is 60.7 Å². The molecular formula is C45H64N12O11S2. The summed E-state index contributed by atoms with van der Waals surface area (Å²) in [6, 6.07) is 7.97. The van der Waals surface area contributed by atoms with Gasteiger partial charge in [-0.25, -0.2) is 0 Å². The number of morpholine rings is 1. The first-order valence-electron chi connectivity index (χ1n) is 22.7. The van der Waals surface area contributed by atoms with E-state index in [4.69, 9.17) is 27.7 Å². The summed E-state index contributed by atoms with van der Waals surface area (Å²) in [6.07, 6.45) is -1.78. The minimum atomic E-state index is -1.58. The van der Waals surface area contributed by atoms with E-state index < -0.39 is 115 Å². The van der Waals surface area contributed by atoms with Crippen LogP contribution in [0.3, 0.4) is 0 Å². The molecule has 382 valence electrons. The molecule has 0 unspecified atom stereocenters. The molecule has 8 atom stereocenters. The number of aliphatic imine (C=N–C) groups is 1. The molecule has 70 heavy (non-hydrogen) atoms. The summed E-state index contributed by atoms with van der Waals surface area (Å²) in [4.78, 5) is 127. The molecule has 2 fully saturated rings. The van der Waals surface area contributed by atoms with Crippen LogP contribution < -0.4 is 49.5 Å². The number of rotatable bonds is 26. The first-order valence-corrected chi connectivity index (χ1v) is 24.0. The molecule has 0 spiro atoms. The molecule has 4 rings (SSSR count). The number of hydrogen-bond donors (Lipinski definition) is 12. The average molecular weight is 1010 g/mol. The number of phenols is 1. The SMILES string of the molecule is C[C@@H]1O[C@@H]([C@H](Cc2ccccc2)NC(=O)[C@H](Cc2ccc(O)cc2)NC(=O)CCS)CN([C@@H](CC(N)=O)C(=O)N[C@@H](CS)C(=O)N2CCC[C@H]2C(=O)N[C@H](CCCN=C(N)N)C(=O)NCC(N)=O)C1=O. The molecule has 2 aliphatic rings. The molecule has 0 bridgehead atoms. The molecule has 0 saturated carbocycles. The van der Waals surface area contributed by atoms with Crippen LogP contribution in [0.1, 0.15) is 56.6 Å². The van der Waals surface area contributed by atoms with Gasteiger partial charge in [0, 0.05) is 38.2 Å². The molecule has 25 heteroatoms. The normalized spacial score (nSPS) is 18.8. The van der Waals surface area contributed by atoms with Gasteiger partial charge in [-0.15, -0.1) is 0 Å². The Morgan fingerprint density at radius 2 is 1.51 bits per heavy atom. The number of hydrogen-bond acceptors (Lipinski definition) is 14. The summed E-state index contributed by atoms with van der Waals surface area (Å²) in [5.74, 6) is -6.75. The number of ether oxygens (including phenoxy) is 1. The number of nitrogens with zero attached hydrogens (tertiary/aromatic N) is 3. The Hall–Kier alpha value is -6.60. The largest absolute Gasteiger partial charge is 0.508 e. The monoisotopic (exact) mass is 1010 g/mol. The lowest BCUT2D eigenvalue weighted by molar-refractivity contribution is -0.170. The number of amides is 9. The summed E-state index contributed by atoms with van der Waals surface area (Å²) >= 11 is 8.48. The van der Waals surface area contributed by atoms with Crippen LogP contribution in [0.4, 0.5) is 0 Å². The quantitative estimate of drug-likeness (QED) is 0.0192. The van der Waals surface area contributed by atoms with E-state index >= 15 is 0 Å². The van der Waals surface area contributed by atoms with Crippen molar-refractivity contribution in [1.82, 2.24) is 36.4 Å². The molecule has 2 saturated heterocycles. The summed E-state index contributed by atoms with van der Waals surface area (Å²) in [5.41, 5.74) is 23.0. The third-order valence-electron chi connectivity index (χ3n) is 11.6. The number of guanidine groups is 1. The van der Waals surface area contributed by atoms with Gasteiger partial charge in [0.2, 0.25) is 47.3 Å². The molecule has 0 aromatic heterocycles. The number of nitrogens with one attached hydrogen (secondary N) is 5. The van der Waals surface area contributed by atoms with Gasteiger partial charge in [0.15, 0.2) is 5.96 Å². The Balaban J connectivity index is 1.57. The average Bonchev–Trinajstić information content (AvgIpc) is 3.82. The van der Waals surface area contributed by atoms with E-state index in [0.29, 0.717) is 12.0 Å². The minimum Gasteiger partial charge on any atom is -0.508 e. The Bertz CT molecular complexity index is 2200. The van der Waals surface area contributed by atoms with Gasteiger partial charge >= 0.3 is 0 Å². The molecule has 0 aliphatic carbocycles. The zero-order chi connectivity index (χ0) is 51.5. The molecule has 9 amide bonds. The van der Waals surface area contributed by atoms with Crippen LogP contribution in [0.15, 0.2) is 59.6 Å². The van der Waals surface area contributed by atoms with Gasteiger partial charge in [0.05, 0.1) is 25.1 Å². The Morgan fingerprint density at radius 3 is 2.14 bits per heavy atom. The maximum Gasteiger partial charge on any atom is 0.252 e. The van der Waals surface area contributed by atoms with Crippen LogP contribution in [0.2, 0.25) is 0 Å². The zero-order valence-electron chi connectivity index (χ0n) is 38.8. The van der Waals surface area contributed by atoms with Crippen molar-refractivity contribution < 1.29 is 53.0 Å². The number of aromatic hydroxyl groups is 1. The highest BCUT2D eigenvalue weighted by Crippen LogP contribution is 2.24. The lowest BCUT2D eigenvalue weighted by atomic mass is 9.96. The van der Waals surface area contributed by atoms with Crippen molar-refractivity contribution in [1.29, 1.82) is 0 Å². The maximum absolute atomic E-state index is 14.3. The second-order valence-electron chi connectivity index (χ2n) is 16.9. The second kappa shape index (κ2) is 27.6.